The van der Waals surface area contributed by atoms with Gasteiger partial charge in [-0.1, -0.05) is 6.92 Å². The van der Waals surface area contributed by atoms with E-state index in [9.17, 15) is 24.9 Å². The number of aliphatic hydroxyl groups is 2. The van der Waals surface area contributed by atoms with E-state index in [1.165, 1.54) is 0 Å². The van der Waals surface area contributed by atoms with Crippen LogP contribution in [0.25, 0.3) is 0 Å². The molecule has 4 fully saturated rings. The smallest absolute Gasteiger partial charge is 0.311 e. The van der Waals surface area contributed by atoms with Crippen molar-refractivity contribution in [2.75, 3.05) is 6.61 Å². The summed E-state index contributed by atoms with van der Waals surface area (Å²) in [5, 5.41) is 32.2. The number of carboxylic acids is 1. The van der Waals surface area contributed by atoms with Crippen molar-refractivity contribution < 1.29 is 29.6 Å². The van der Waals surface area contributed by atoms with Gasteiger partial charge in [0.2, 0.25) is 0 Å². The van der Waals surface area contributed by atoms with Gasteiger partial charge in [0.05, 0.1) is 29.6 Å². The van der Waals surface area contributed by atoms with Crippen LogP contribution in [-0.4, -0.2) is 46.1 Å². The average Bonchev–Trinajstić information content (AvgIpc) is 2.58. The first kappa shape index (κ1) is 18.2. The Kier molecular flexibility index (Phi) is 3.66. The molecule has 3 aliphatic carbocycles. The lowest BCUT2D eigenvalue weighted by atomic mass is 9.37. The van der Waals surface area contributed by atoms with Crippen LogP contribution < -0.4 is 0 Å². The van der Waals surface area contributed by atoms with Gasteiger partial charge in [-0.05, 0) is 64.2 Å². The maximum Gasteiger partial charge on any atom is 0.311 e. The first-order valence-electron chi connectivity index (χ1n) is 9.77. The zero-order valence-corrected chi connectivity index (χ0v) is 15.8. The van der Waals surface area contributed by atoms with Crippen molar-refractivity contribution in [2.24, 2.45) is 33.5 Å². The first-order valence-corrected chi connectivity index (χ1v) is 9.77. The highest BCUT2D eigenvalue weighted by Gasteiger charge is 2.71. The molecule has 4 aliphatic rings. The van der Waals surface area contributed by atoms with Crippen molar-refractivity contribution in [1.82, 2.24) is 0 Å². The molecule has 3 saturated carbocycles. The summed E-state index contributed by atoms with van der Waals surface area (Å²) in [5.74, 6) is -1.40. The van der Waals surface area contributed by atoms with Gasteiger partial charge in [0.1, 0.15) is 0 Å². The van der Waals surface area contributed by atoms with E-state index in [4.69, 9.17) is 4.74 Å². The number of carbonyl (C=O) groups excluding carboxylic acids is 1. The van der Waals surface area contributed by atoms with Crippen LogP contribution in [0.1, 0.15) is 59.3 Å². The van der Waals surface area contributed by atoms with Gasteiger partial charge in [0, 0.05) is 10.8 Å². The van der Waals surface area contributed by atoms with Crippen LogP contribution in [0, 0.1) is 33.5 Å². The Balaban J connectivity index is 1.82. The van der Waals surface area contributed by atoms with E-state index in [1.807, 2.05) is 13.8 Å². The van der Waals surface area contributed by atoms with E-state index in [2.05, 4.69) is 0 Å². The van der Waals surface area contributed by atoms with Crippen molar-refractivity contribution in [3.05, 3.63) is 0 Å². The summed E-state index contributed by atoms with van der Waals surface area (Å²) in [6, 6.07) is 0. The lowest BCUT2D eigenvalue weighted by molar-refractivity contribution is -0.275. The second-order valence-electron chi connectivity index (χ2n) is 10.1. The Labute approximate surface area is 153 Å². The van der Waals surface area contributed by atoms with Crippen molar-refractivity contribution in [3.63, 3.8) is 0 Å². The third kappa shape index (κ3) is 1.95. The largest absolute Gasteiger partial charge is 0.481 e. The molecule has 4 rings (SSSR count). The van der Waals surface area contributed by atoms with Crippen molar-refractivity contribution in [1.29, 1.82) is 0 Å². The molecule has 3 N–H and O–H groups in total. The molecule has 2 unspecified atom stereocenters. The van der Waals surface area contributed by atoms with Gasteiger partial charge >= 0.3 is 11.9 Å². The van der Waals surface area contributed by atoms with Gasteiger partial charge < -0.3 is 20.1 Å². The number of ether oxygens (including phenoxy) is 1. The average molecular weight is 366 g/mol. The highest BCUT2D eigenvalue weighted by Crippen LogP contribution is 2.70. The standard InChI is InChI=1S/C20H30O6/c1-17-6-4-11-19(3)12(18(2,15(23)24)7-5-13(19)21)8-14(22)20(11,9-17)10-26-16(17)25/h11-14,21-22H,4-10H2,1-3H3,(H,23,24)/t11?,12?,13-,14-,17-,18+,19-,20-/m0/s1. The molecule has 0 aromatic heterocycles. The molecule has 0 aromatic carbocycles. The summed E-state index contributed by atoms with van der Waals surface area (Å²) in [5.41, 5.74) is -2.73. The predicted octanol–water partition coefficient (Wildman–Crippen LogP) is 1.97. The molecule has 0 aromatic rings. The second-order valence-corrected chi connectivity index (χ2v) is 10.1. The maximum atomic E-state index is 12.3. The van der Waals surface area contributed by atoms with Crippen LogP contribution in [0.4, 0.5) is 0 Å². The molecule has 1 saturated heterocycles. The zero-order valence-electron chi connectivity index (χ0n) is 15.8. The third-order valence-corrected chi connectivity index (χ3v) is 8.90. The van der Waals surface area contributed by atoms with E-state index in [-0.39, 0.29) is 24.4 Å². The van der Waals surface area contributed by atoms with Gasteiger partial charge in [-0.25, -0.2) is 0 Å². The number of hydrogen-bond donors (Lipinski definition) is 3. The number of esters is 1. The minimum absolute atomic E-state index is 0.0566. The van der Waals surface area contributed by atoms with Gasteiger partial charge in [0.15, 0.2) is 0 Å². The lowest BCUT2D eigenvalue weighted by Crippen LogP contribution is -2.71. The molecule has 1 heterocycles. The second kappa shape index (κ2) is 5.22. The minimum Gasteiger partial charge on any atom is -0.481 e. The SMILES string of the molecule is C[C@@]12CCC3[C@@](COC1=O)(C2)[C@@H](O)CC1[C@@]3(C)[C@@H](O)CC[C@@]1(C)C(=O)O. The molecule has 1 spiro atoms. The van der Waals surface area contributed by atoms with Crippen LogP contribution in [0.15, 0.2) is 0 Å². The summed E-state index contributed by atoms with van der Waals surface area (Å²) >= 11 is 0. The topological polar surface area (TPSA) is 104 Å². The molecular weight excluding hydrogens is 336 g/mol. The zero-order chi connectivity index (χ0) is 19.1. The maximum absolute atomic E-state index is 12.3. The quantitative estimate of drug-likeness (QED) is 0.613. The number of rotatable bonds is 1. The van der Waals surface area contributed by atoms with Gasteiger partial charge in [0.25, 0.3) is 0 Å². The van der Waals surface area contributed by atoms with E-state index in [0.29, 0.717) is 38.5 Å². The van der Waals surface area contributed by atoms with Gasteiger partial charge in [-0.15, -0.1) is 0 Å². The fraction of sp³-hybridized carbons (Fsp3) is 0.900. The number of cyclic esters (lactones) is 1. The summed E-state index contributed by atoms with van der Waals surface area (Å²) in [6.07, 6.45) is 1.81. The highest BCUT2D eigenvalue weighted by atomic mass is 16.5. The Morgan fingerprint density at radius 2 is 1.77 bits per heavy atom. The molecule has 0 radical (unpaired) electrons. The first-order chi connectivity index (χ1) is 12.0. The van der Waals surface area contributed by atoms with Gasteiger partial charge in [-0.2, -0.15) is 0 Å². The summed E-state index contributed by atoms with van der Waals surface area (Å²) in [7, 11) is 0. The summed E-state index contributed by atoms with van der Waals surface area (Å²) < 4.78 is 5.54. The number of fused-ring (bicyclic) bond motifs is 3. The molecule has 6 nitrogen and oxygen atoms in total. The Hall–Kier alpha value is -1.14. The van der Waals surface area contributed by atoms with Crippen molar-refractivity contribution in [2.45, 2.75) is 71.5 Å². The summed E-state index contributed by atoms with van der Waals surface area (Å²) in [6.45, 7) is 5.86. The van der Waals surface area contributed by atoms with Crippen LogP contribution in [-0.2, 0) is 14.3 Å². The number of carboxylic acid groups (broad SMARTS) is 1. The minimum atomic E-state index is -0.956. The Morgan fingerprint density at radius 1 is 1.08 bits per heavy atom. The highest BCUT2D eigenvalue weighted by molar-refractivity contribution is 5.78. The fourth-order valence-electron chi connectivity index (χ4n) is 7.31. The van der Waals surface area contributed by atoms with Crippen LogP contribution in [0.3, 0.4) is 0 Å². The molecule has 6 heteroatoms. The molecule has 8 atom stereocenters. The normalized spacial score (nSPS) is 56.1. The van der Waals surface area contributed by atoms with E-state index in [0.717, 1.165) is 0 Å². The van der Waals surface area contributed by atoms with Gasteiger partial charge in [-0.3, -0.25) is 9.59 Å². The monoisotopic (exact) mass is 366 g/mol. The number of aliphatic carboxylic acids is 1. The van der Waals surface area contributed by atoms with Crippen LogP contribution in [0.5, 0.6) is 0 Å². The van der Waals surface area contributed by atoms with E-state index in [1.54, 1.807) is 6.92 Å². The third-order valence-electron chi connectivity index (χ3n) is 8.90. The van der Waals surface area contributed by atoms with Crippen molar-refractivity contribution in [3.8, 4) is 0 Å². The Morgan fingerprint density at radius 3 is 2.42 bits per heavy atom. The van der Waals surface area contributed by atoms with E-state index < -0.39 is 39.8 Å². The number of hydrogen-bond acceptors (Lipinski definition) is 5. The van der Waals surface area contributed by atoms with Crippen LogP contribution in [0.2, 0.25) is 0 Å². The molecule has 1 aliphatic heterocycles. The van der Waals surface area contributed by atoms with Crippen molar-refractivity contribution >= 4 is 11.9 Å². The molecule has 26 heavy (non-hydrogen) atoms. The molecule has 0 amide bonds. The summed E-state index contributed by atoms with van der Waals surface area (Å²) in [4.78, 5) is 24.4. The predicted molar refractivity (Wildman–Crippen MR) is 92.0 cm³/mol. The lowest BCUT2D eigenvalue weighted by Gasteiger charge is -2.68. The van der Waals surface area contributed by atoms with E-state index >= 15 is 0 Å². The fourth-order valence-corrected chi connectivity index (χ4v) is 7.31. The number of aliphatic hydroxyl groups excluding tert-OH is 2. The van der Waals surface area contributed by atoms with Crippen LogP contribution >= 0.6 is 0 Å². The molecule has 2 bridgehead atoms. The number of carbonyl (C=O) groups is 2. The Bertz CT molecular complexity index is 663. The molecular formula is C20H30O6. The molecule has 146 valence electrons.